The van der Waals surface area contributed by atoms with Crippen molar-refractivity contribution in [3.63, 3.8) is 0 Å². The van der Waals surface area contributed by atoms with E-state index in [9.17, 15) is 0 Å². The van der Waals surface area contributed by atoms with Crippen molar-refractivity contribution in [2.75, 3.05) is 6.54 Å². The molecule has 1 N–H and O–H groups in total. The van der Waals surface area contributed by atoms with Crippen LogP contribution >= 0.6 is 0 Å². The van der Waals surface area contributed by atoms with Gasteiger partial charge in [0.05, 0.1) is 0 Å². The Morgan fingerprint density at radius 1 is 1.37 bits per heavy atom. The van der Waals surface area contributed by atoms with Gasteiger partial charge in [0.15, 0.2) is 0 Å². The molecule has 2 unspecified atom stereocenters. The zero-order valence-electron chi connectivity index (χ0n) is 12.5. The number of unbranched alkanes of at least 4 members (excludes halogenated alkanes) is 2. The van der Waals surface area contributed by atoms with Crippen molar-refractivity contribution < 1.29 is 4.74 Å². The molecule has 0 saturated heterocycles. The van der Waals surface area contributed by atoms with Crippen molar-refractivity contribution in [2.45, 2.75) is 65.0 Å². The molecule has 0 bridgehead atoms. The highest BCUT2D eigenvalue weighted by Crippen LogP contribution is 2.29. The molecular formula is C17H27NO. The van der Waals surface area contributed by atoms with Gasteiger partial charge in [0.2, 0.25) is 0 Å². The van der Waals surface area contributed by atoms with Gasteiger partial charge in [-0.1, -0.05) is 43.9 Å². The molecule has 1 aliphatic heterocycles. The number of aryl methyl sites for hydroxylation is 1. The van der Waals surface area contributed by atoms with Crippen molar-refractivity contribution in [3.05, 3.63) is 29.3 Å². The molecule has 0 fully saturated rings. The second-order valence-electron chi connectivity index (χ2n) is 5.86. The fourth-order valence-electron chi connectivity index (χ4n) is 2.70. The van der Waals surface area contributed by atoms with Gasteiger partial charge in [0.1, 0.15) is 11.9 Å². The first kappa shape index (κ1) is 14.4. The van der Waals surface area contributed by atoms with E-state index in [1.807, 2.05) is 0 Å². The van der Waals surface area contributed by atoms with Crippen LogP contribution in [-0.2, 0) is 6.42 Å². The summed E-state index contributed by atoms with van der Waals surface area (Å²) in [6.45, 7) is 7.63. The smallest absolute Gasteiger partial charge is 0.123 e. The normalized spacial score (nSPS) is 19.0. The first-order chi connectivity index (χ1) is 9.19. The Labute approximate surface area is 117 Å². The van der Waals surface area contributed by atoms with Gasteiger partial charge in [0.25, 0.3) is 0 Å². The third-order valence-corrected chi connectivity index (χ3v) is 3.89. The minimum atomic E-state index is 0.311. The molecule has 0 radical (unpaired) electrons. The molecule has 0 aromatic heterocycles. The first-order valence-electron chi connectivity index (χ1n) is 7.68. The summed E-state index contributed by atoms with van der Waals surface area (Å²) in [5, 5.41) is 3.61. The number of ether oxygens (including phenoxy) is 1. The lowest BCUT2D eigenvalue weighted by molar-refractivity contribution is 0.221. The molecule has 0 aliphatic carbocycles. The van der Waals surface area contributed by atoms with E-state index in [0.717, 1.165) is 18.7 Å². The molecular weight excluding hydrogens is 234 g/mol. The quantitative estimate of drug-likeness (QED) is 0.753. The SMILES string of the molecule is CCCCCC(C)NCC1Cc2cc(C)ccc2O1. The summed E-state index contributed by atoms with van der Waals surface area (Å²) in [5.41, 5.74) is 2.69. The number of benzene rings is 1. The Kier molecular flexibility index (Phi) is 5.26. The average molecular weight is 261 g/mol. The van der Waals surface area contributed by atoms with Crippen LogP contribution in [-0.4, -0.2) is 18.7 Å². The summed E-state index contributed by atoms with van der Waals surface area (Å²) in [6, 6.07) is 7.08. The molecule has 0 amide bonds. The molecule has 1 aromatic rings. The topological polar surface area (TPSA) is 21.3 Å². The van der Waals surface area contributed by atoms with Crippen LogP contribution in [0.5, 0.6) is 5.75 Å². The number of nitrogens with one attached hydrogen (secondary N) is 1. The van der Waals surface area contributed by atoms with E-state index in [1.54, 1.807) is 0 Å². The summed E-state index contributed by atoms with van der Waals surface area (Å²) >= 11 is 0. The molecule has 1 aliphatic rings. The second-order valence-corrected chi connectivity index (χ2v) is 5.86. The van der Waals surface area contributed by atoms with Crippen LogP contribution < -0.4 is 10.1 Å². The van der Waals surface area contributed by atoms with Crippen molar-refractivity contribution in [1.29, 1.82) is 0 Å². The predicted octanol–water partition coefficient (Wildman–Crippen LogP) is 3.86. The Morgan fingerprint density at radius 2 is 2.21 bits per heavy atom. The summed E-state index contributed by atoms with van der Waals surface area (Å²) in [7, 11) is 0. The largest absolute Gasteiger partial charge is 0.488 e. The van der Waals surface area contributed by atoms with E-state index in [4.69, 9.17) is 4.74 Å². The lowest BCUT2D eigenvalue weighted by Gasteiger charge is -2.17. The van der Waals surface area contributed by atoms with Crippen molar-refractivity contribution in [1.82, 2.24) is 5.32 Å². The summed E-state index contributed by atoms with van der Waals surface area (Å²) in [4.78, 5) is 0. The maximum Gasteiger partial charge on any atom is 0.123 e. The predicted molar refractivity (Wildman–Crippen MR) is 80.9 cm³/mol. The van der Waals surface area contributed by atoms with Gasteiger partial charge in [-0.2, -0.15) is 0 Å². The minimum absolute atomic E-state index is 0.311. The monoisotopic (exact) mass is 261 g/mol. The van der Waals surface area contributed by atoms with Gasteiger partial charge in [-0.15, -0.1) is 0 Å². The highest BCUT2D eigenvalue weighted by atomic mass is 16.5. The number of hydrogen-bond acceptors (Lipinski definition) is 2. The molecule has 0 spiro atoms. The van der Waals surface area contributed by atoms with E-state index in [0.29, 0.717) is 12.1 Å². The molecule has 2 atom stereocenters. The molecule has 0 saturated carbocycles. The van der Waals surface area contributed by atoms with Gasteiger partial charge in [-0.25, -0.2) is 0 Å². The number of rotatable bonds is 7. The van der Waals surface area contributed by atoms with Crippen molar-refractivity contribution in [3.8, 4) is 5.75 Å². The van der Waals surface area contributed by atoms with Crippen LogP contribution in [0.4, 0.5) is 0 Å². The zero-order valence-corrected chi connectivity index (χ0v) is 12.5. The van der Waals surface area contributed by atoms with E-state index in [2.05, 4.69) is 44.3 Å². The second kappa shape index (κ2) is 6.95. The van der Waals surface area contributed by atoms with Gasteiger partial charge >= 0.3 is 0 Å². The average Bonchev–Trinajstić information content (AvgIpc) is 2.78. The summed E-state index contributed by atoms with van der Waals surface area (Å²) in [6.07, 6.45) is 6.60. The van der Waals surface area contributed by atoms with Crippen LogP contribution in [0, 0.1) is 6.92 Å². The highest BCUT2D eigenvalue weighted by molar-refractivity contribution is 5.40. The molecule has 1 heterocycles. The Balaban J connectivity index is 1.72. The molecule has 19 heavy (non-hydrogen) atoms. The Morgan fingerprint density at radius 3 is 3.00 bits per heavy atom. The summed E-state index contributed by atoms with van der Waals surface area (Å²) < 4.78 is 5.98. The molecule has 106 valence electrons. The maximum absolute atomic E-state index is 5.98. The standard InChI is InChI=1S/C17H27NO/c1-4-5-6-7-14(3)18-12-16-11-15-10-13(2)8-9-17(15)19-16/h8-10,14,16,18H,4-7,11-12H2,1-3H3. The maximum atomic E-state index is 5.98. The Hall–Kier alpha value is -1.02. The van der Waals surface area contributed by atoms with E-state index >= 15 is 0 Å². The van der Waals surface area contributed by atoms with Crippen LogP contribution in [0.1, 0.15) is 50.7 Å². The third-order valence-electron chi connectivity index (χ3n) is 3.89. The van der Waals surface area contributed by atoms with Crippen LogP contribution in [0.3, 0.4) is 0 Å². The van der Waals surface area contributed by atoms with E-state index in [-0.39, 0.29) is 0 Å². The molecule has 2 nitrogen and oxygen atoms in total. The lowest BCUT2D eigenvalue weighted by Crippen LogP contribution is -2.35. The van der Waals surface area contributed by atoms with Crippen LogP contribution in [0.25, 0.3) is 0 Å². The van der Waals surface area contributed by atoms with Gasteiger partial charge in [0, 0.05) is 19.0 Å². The molecule has 2 heteroatoms. The molecule has 1 aromatic carbocycles. The first-order valence-corrected chi connectivity index (χ1v) is 7.68. The third kappa shape index (κ3) is 4.24. The van der Waals surface area contributed by atoms with Crippen molar-refractivity contribution in [2.24, 2.45) is 0 Å². The van der Waals surface area contributed by atoms with Crippen LogP contribution in [0.2, 0.25) is 0 Å². The minimum Gasteiger partial charge on any atom is -0.488 e. The van der Waals surface area contributed by atoms with Crippen LogP contribution in [0.15, 0.2) is 18.2 Å². The lowest BCUT2D eigenvalue weighted by atomic mass is 10.1. The van der Waals surface area contributed by atoms with Gasteiger partial charge in [-0.3, -0.25) is 0 Å². The highest BCUT2D eigenvalue weighted by Gasteiger charge is 2.22. The molecule has 2 rings (SSSR count). The fourth-order valence-corrected chi connectivity index (χ4v) is 2.70. The van der Waals surface area contributed by atoms with Gasteiger partial charge in [-0.05, 0) is 31.9 Å². The summed E-state index contributed by atoms with van der Waals surface area (Å²) in [5.74, 6) is 1.08. The van der Waals surface area contributed by atoms with E-state index < -0.39 is 0 Å². The Bertz CT molecular complexity index is 402. The van der Waals surface area contributed by atoms with E-state index in [1.165, 1.54) is 36.8 Å². The van der Waals surface area contributed by atoms with Crippen molar-refractivity contribution >= 4 is 0 Å². The number of fused-ring (bicyclic) bond motifs is 1. The van der Waals surface area contributed by atoms with Gasteiger partial charge < -0.3 is 10.1 Å². The fraction of sp³-hybridized carbons (Fsp3) is 0.647. The number of hydrogen-bond donors (Lipinski definition) is 1. The zero-order chi connectivity index (χ0) is 13.7.